The lowest BCUT2D eigenvalue weighted by molar-refractivity contribution is 0.320. The summed E-state index contributed by atoms with van der Waals surface area (Å²) >= 11 is 0. The van der Waals surface area contributed by atoms with Crippen molar-refractivity contribution >= 4 is 11.0 Å². The van der Waals surface area contributed by atoms with Crippen LogP contribution in [0.3, 0.4) is 0 Å². The van der Waals surface area contributed by atoms with Gasteiger partial charge in [0.25, 0.3) is 0 Å². The molecule has 9 heteroatoms. The summed E-state index contributed by atoms with van der Waals surface area (Å²) in [5.41, 5.74) is 1.16. The normalized spacial score (nSPS) is 10.7. The molecule has 0 fully saturated rings. The van der Waals surface area contributed by atoms with Gasteiger partial charge in [-0.2, -0.15) is 0 Å². The van der Waals surface area contributed by atoms with Crippen LogP contribution in [0.5, 0.6) is 29.5 Å². The minimum absolute atomic E-state index is 0.0314. The molecule has 0 aliphatic rings. The van der Waals surface area contributed by atoms with E-state index in [9.17, 15) is 9.90 Å². The Balaban J connectivity index is 1.70. The van der Waals surface area contributed by atoms with E-state index in [0.29, 0.717) is 27.8 Å². The number of benzene rings is 2. The Hall–Kier alpha value is -4.14. The molecule has 2 aromatic carbocycles. The third-order valence-corrected chi connectivity index (χ3v) is 4.07. The second-order valence-corrected chi connectivity index (χ2v) is 5.88. The van der Waals surface area contributed by atoms with Crippen molar-refractivity contribution in [2.45, 2.75) is 0 Å². The number of aromatic nitrogens is 3. The Bertz CT molecular complexity index is 1220. The summed E-state index contributed by atoms with van der Waals surface area (Å²) < 4.78 is 21.2. The van der Waals surface area contributed by atoms with Crippen molar-refractivity contribution in [3.8, 4) is 40.7 Å². The third-order valence-electron chi connectivity index (χ3n) is 4.07. The highest BCUT2D eigenvalue weighted by atomic mass is 16.5. The van der Waals surface area contributed by atoms with E-state index >= 15 is 0 Å². The van der Waals surface area contributed by atoms with Gasteiger partial charge in [-0.15, -0.1) is 15.0 Å². The molecule has 1 N–H and O–H groups in total. The minimum Gasteiger partial charge on any atom is -0.508 e. The fourth-order valence-electron chi connectivity index (χ4n) is 2.67. The highest BCUT2D eigenvalue weighted by Crippen LogP contribution is 2.27. The Morgan fingerprint density at radius 2 is 1.55 bits per heavy atom. The molecule has 9 nitrogen and oxygen atoms in total. The molecule has 4 aromatic rings. The Kier molecular flexibility index (Phi) is 4.70. The van der Waals surface area contributed by atoms with Gasteiger partial charge in [0.05, 0.1) is 25.2 Å². The van der Waals surface area contributed by atoms with Gasteiger partial charge in [-0.1, -0.05) is 12.1 Å². The number of hydrogen-bond donors (Lipinski definition) is 1. The van der Waals surface area contributed by atoms with Gasteiger partial charge in [-0.05, 0) is 29.8 Å². The van der Waals surface area contributed by atoms with Gasteiger partial charge < -0.3 is 23.7 Å². The maximum atomic E-state index is 12.8. The lowest BCUT2D eigenvalue weighted by Crippen LogP contribution is -2.05. The molecule has 0 spiro atoms. The smallest absolute Gasteiger partial charge is 0.331 e. The first-order chi connectivity index (χ1) is 14.1. The largest absolute Gasteiger partial charge is 0.508 e. The first-order valence-corrected chi connectivity index (χ1v) is 8.44. The minimum atomic E-state index is -0.202. The highest BCUT2D eigenvalue weighted by molar-refractivity contribution is 5.82. The van der Waals surface area contributed by atoms with Gasteiger partial charge in [0.15, 0.2) is 5.43 Å². The number of nitrogens with zero attached hydrogens (tertiary/aromatic N) is 3. The lowest BCUT2D eigenvalue weighted by atomic mass is 10.1. The number of methoxy groups -OCH3 is 2. The first-order valence-electron chi connectivity index (χ1n) is 8.44. The number of hydrogen-bond acceptors (Lipinski definition) is 9. The van der Waals surface area contributed by atoms with Crippen molar-refractivity contribution in [2.75, 3.05) is 14.2 Å². The van der Waals surface area contributed by atoms with Crippen LogP contribution in [-0.2, 0) is 0 Å². The van der Waals surface area contributed by atoms with Crippen LogP contribution in [0.2, 0.25) is 0 Å². The van der Waals surface area contributed by atoms with Crippen LogP contribution in [0, 0.1) is 0 Å². The van der Waals surface area contributed by atoms with E-state index in [1.165, 1.54) is 32.6 Å². The van der Waals surface area contributed by atoms with E-state index in [-0.39, 0.29) is 29.2 Å². The van der Waals surface area contributed by atoms with Gasteiger partial charge >= 0.3 is 18.0 Å². The number of phenolic OH excluding ortho intramolecular Hbond substituents is 1. The van der Waals surface area contributed by atoms with E-state index in [4.69, 9.17) is 18.6 Å². The predicted octanol–water partition coefficient (Wildman–Crippen LogP) is 3.16. The maximum Gasteiger partial charge on any atom is 0.331 e. The SMILES string of the molecule is COc1nc(OC)nc(Oc2ccc3c(=O)c(-c4ccc(O)cc4)coc3c2)n1. The summed E-state index contributed by atoms with van der Waals surface area (Å²) in [5.74, 6) is 0.473. The summed E-state index contributed by atoms with van der Waals surface area (Å²) in [4.78, 5) is 24.7. The molecule has 0 bridgehead atoms. The molecule has 146 valence electrons. The van der Waals surface area contributed by atoms with Gasteiger partial charge in [0.1, 0.15) is 23.3 Å². The number of ether oxygens (including phenoxy) is 3. The molecule has 0 amide bonds. The lowest BCUT2D eigenvalue weighted by Gasteiger charge is -2.07. The molecule has 0 aliphatic carbocycles. The van der Waals surface area contributed by atoms with Crippen LogP contribution < -0.4 is 19.6 Å². The van der Waals surface area contributed by atoms with Gasteiger partial charge in [-0.25, -0.2) is 0 Å². The third kappa shape index (κ3) is 3.65. The van der Waals surface area contributed by atoms with E-state index in [1.54, 1.807) is 30.3 Å². The van der Waals surface area contributed by atoms with Crippen LogP contribution in [0.4, 0.5) is 0 Å². The zero-order chi connectivity index (χ0) is 20.4. The van der Waals surface area contributed by atoms with Gasteiger partial charge in [0.2, 0.25) is 0 Å². The number of aromatic hydroxyl groups is 1. The van der Waals surface area contributed by atoms with Gasteiger partial charge in [-0.3, -0.25) is 4.79 Å². The topological polar surface area (TPSA) is 117 Å². The molecule has 0 radical (unpaired) electrons. The molecule has 0 aliphatic heterocycles. The van der Waals surface area contributed by atoms with E-state index in [0.717, 1.165) is 0 Å². The molecular weight excluding hydrogens is 378 g/mol. The van der Waals surface area contributed by atoms with Gasteiger partial charge in [0, 0.05) is 6.07 Å². The average molecular weight is 393 g/mol. The van der Waals surface area contributed by atoms with Crippen molar-refractivity contribution in [3.63, 3.8) is 0 Å². The summed E-state index contributed by atoms with van der Waals surface area (Å²) in [5, 5.41) is 9.80. The zero-order valence-corrected chi connectivity index (χ0v) is 15.4. The summed E-state index contributed by atoms with van der Waals surface area (Å²) in [6, 6.07) is 11.1. The molecule has 4 rings (SSSR count). The van der Waals surface area contributed by atoms with Crippen LogP contribution in [0.15, 0.2) is 57.9 Å². The average Bonchev–Trinajstić information content (AvgIpc) is 2.74. The van der Waals surface area contributed by atoms with Crippen molar-refractivity contribution in [2.24, 2.45) is 0 Å². The van der Waals surface area contributed by atoms with Crippen molar-refractivity contribution < 1.29 is 23.7 Å². The van der Waals surface area contributed by atoms with E-state index in [1.807, 2.05) is 0 Å². The van der Waals surface area contributed by atoms with Crippen molar-refractivity contribution in [3.05, 3.63) is 59.0 Å². The molecule has 0 unspecified atom stereocenters. The molecule has 0 saturated carbocycles. The monoisotopic (exact) mass is 393 g/mol. The number of rotatable bonds is 5. The molecule has 2 heterocycles. The fourth-order valence-corrected chi connectivity index (χ4v) is 2.67. The summed E-state index contributed by atoms with van der Waals surface area (Å²) in [6.45, 7) is 0. The zero-order valence-electron chi connectivity index (χ0n) is 15.4. The summed E-state index contributed by atoms with van der Waals surface area (Å²) in [7, 11) is 2.82. The maximum absolute atomic E-state index is 12.8. The van der Waals surface area contributed by atoms with Crippen LogP contribution in [-0.4, -0.2) is 34.3 Å². The number of phenols is 1. The highest BCUT2D eigenvalue weighted by Gasteiger charge is 2.13. The molecule has 29 heavy (non-hydrogen) atoms. The quantitative estimate of drug-likeness (QED) is 0.545. The molecule has 2 aromatic heterocycles. The Morgan fingerprint density at radius 3 is 2.21 bits per heavy atom. The fraction of sp³-hybridized carbons (Fsp3) is 0.100. The van der Waals surface area contributed by atoms with Crippen molar-refractivity contribution in [1.82, 2.24) is 15.0 Å². The second kappa shape index (κ2) is 7.47. The molecular formula is C20H15N3O6. The second-order valence-electron chi connectivity index (χ2n) is 5.88. The van der Waals surface area contributed by atoms with Crippen molar-refractivity contribution in [1.29, 1.82) is 0 Å². The van der Waals surface area contributed by atoms with E-state index in [2.05, 4.69) is 15.0 Å². The van der Waals surface area contributed by atoms with E-state index < -0.39 is 0 Å². The Labute approximate surface area is 164 Å². The predicted molar refractivity (Wildman–Crippen MR) is 103 cm³/mol. The number of fused-ring (bicyclic) bond motifs is 1. The molecule has 0 atom stereocenters. The van der Waals surface area contributed by atoms with Crippen LogP contribution in [0.25, 0.3) is 22.1 Å². The summed E-state index contributed by atoms with van der Waals surface area (Å²) in [6.07, 6.45) is 1.37. The standard InChI is InChI=1S/C20H15N3O6/c1-26-18-21-19(27-2)23-20(22-18)29-13-7-8-14-16(9-13)28-10-15(17(14)25)11-3-5-12(24)6-4-11/h3-10,24H,1-2H3. The van der Waals surface area contributed by atoms with Crippen LogP contribution >= 0.6 is 0 Å². The first kappa shape index (κ1) is 18.2. The Morgan fingerprint density at radius 1 is 0.897 bits per heavy atom. The molecule has 0 saturated heterocycles. The van der Waals surface area contributed by atoms with Crippen LogP contribution in [0.1, 0.15) is 0 Å².